The Morgan fingerprint density at radius 3 is 2.57 bits per heavy atom. The summed E-state index contributed by atoms with van der Waals surface area (Å²) in [6, 6.07) is 5.08. The van der Waals surface area contributed by atoms with E-state index >= 15 is 0 Å². The summed E-state index contributed by atoms with van der Waals surface area (Å²) in [5, 5.41) is 8.49. The number of hydrogen-bond acceptors (Lipinski definition) is 3. The molecule has 0 aliphatic rings. The number of aliphatic carboxylic acids is 1. The minimum absolute atomic E-state index is 0.326. The molecule has 0 bridgehead atoms. The molecular formula is C10H15NO3. The monoisotopic (exact) mass is 197 g/mol. The summed E-state index contributed by atoms with van der Waals surface area (Å²) in [6.07, 6.45) is 0.684. The van der Waals surface area contributed by atoms with Crippen LogP contribution in [0.25, 0.3) is 0 Å². The van der Waals surface area contributed by atoms with E-state index in [1.54, 1.807) is 24.4 Å². The van der Waals surface area contributed by atoms with Crippen molar-refractivity contribution < 1.29 is 14.6 Å². The Balaban J connectivity index is 0.000000791. The Labute approximate surface area is 83.6 Å². The molecule has 0 saturated heterocycles. The standard InChI is InChI=1S/C8H9NO3.C2H6/c1-6(8(10)11)12-7-4-2-3-5-9-7;1-2/h2-6H,1H3,(H,10,11);1-2H3. The number of carboxylic acid groups (broad SMARTS) is 1. The molecule has 1 atom stereocenters. The second kappa shape index (κ2) is 6.88. The molecule has 0 radical (unpaired) electrons. The van der Waals surface area contributed by atoms with Crippen molar-refractivity contribution in [2.75, 3.05) is 0 Å². The number of nitrogens with zero attached hydrogens (tertiary/aromatic N) is 1. The fourth-order valence-electron chi connectivity index (χ4n) is 0.648. The molecule has 0 fully saturated rings. The van der Waals surface area contributed by atoms with Gasteiger partial charge in [-0.05, 0) is 13.0 Å². The van der Waals surface area contributed by atoms with Crippen LogP contribution >= 0.6 is 0 Å². The number of aromatic nitrogens is 1. The van der Waals surface area contributed by atoms with Crippen LogP contribution in [-0.4, -0.2) is 22.2 Å². The third-order valence-corrected chi connectivity index (χ3v) is 1.28. The van der Waals surface area contributed by atoms with Crippen LogP contribution in [0, 0.1) is 0 Å². The molecule has 4 nitrogen and oxygen atoms in total. The maximum atomic E-state index is 10.4. The number of carboxylic acids is 1. The van der Waals surface area contributed by atoms with E-state index in [2.05, 4.69) is 4.98 Å². The van der Waals surface area contributed by atoms with Crippen LogP contribution in [0.1, 0.15) is 20.8 Å². The van der Waals surface area contributed by atoms with Crippen molar-refractivity contribution in [3.05, 3.63) is 24.4 Å². The van der Waals surface area contributed by atoms with Crippen molar-refractivity contribution in [3.8, 4) is 5.88 Å². The highest BCUT2D eigenvalue weighted by atomic mass is 16.5. The number of rotatable bonds is 3. The van der Waals surface area contributed by atoms with Gasteiger partial charge >= 0.3 is 5.97 Å². The third kappa shape index (κ3) is 4.45. The van der Waals surface area contributed by atoms with Gasteiger partial charge in [-0.2, -0.15) is 0 Å². The Morgan fingerprint density at radius 2 is 2.14 bits per heavy atom. The lowest BCUT2D eigenvalue weighted by atomic mass is 10.4. The molecule has 0 amide bonds. The fraction of sp³-hybridized carbons (Fsp3) is 0.400. The molecule has 1 aromatic heterocycles. The molecule has 78 valence electrons. The van der Waals surface area contributed by atoms with Gasteiger partial charge in [0.05, 0.1) is 0 Å². The predicted molar refractivity (Wildman–Crippen MR) is 53.3 cm³/mol. The minimum atomic E-state index is -0.999. The van der Waals surface area contributed by atoms with Crippen molar-refractivity contribution in [3.63, 3.8) is 0 Å². The lowest BCUT2D eigenvalue weighted by molar-refractivity contribution is -0.144. The lowest BCUT2D eigenvalue weighted by Crippen LogP contribution is -2.23. The zero-order valence-electron chi connectivity index (χ0n) is 8.60. The first kappa shape index (κ1) is 12.4. The largest absolute Gasteiger partial charge is 0.479 e. The third-order valence-electron chi connectivity index (χ3n) is 1.28. The quantitative estimate of drug-likeness (QED) is 0.804. The van der Waals surface area contributed by atoms with Crippen LogP contribution in [0.5, 0.6) is 5.88 Å². The Kier molecular flexibility index (Phi) is 6.11. The fourth-order valence-corrected chi connectivity index (χ4v) is 0.648. The average Bonchev–Trinajstić information content (AvgIpc) is 2.22. The molecule has 1 N–H and O–H groups in total. The first-order chi connectivity index (χ1) is 6.70. The molecule has 0 saturated carbocycles. The lowest BCUT2D eigenvalue weighted by Gasteiger charge is -2.07. The van der Waals surface area contributed by atoms with Gasteiger partial charge in [-0.1, -0.05) is 19.9 Å². The molecule has 1 aromatic rings. The van der Waals surface area contributed by atoms with Gasteiger partial charge < -0.3 is 9.84 Å². The van der Waals surface area contributed by atoms with E-state index in [1.165, 1.54) is 6.92 Å². The number of carbonyl (C=O) groups is 1. The summed E-state index contributed by atoms with van der Waals surface area (Å²) in [6.45, 7) is 5.46. The second-order valence-corrected chi connectivity index (χ2v) is 2.27. The van der Waals surface area contributed by atoms with Crippen molar-refractivity contribution >= 4 is 5.97 Å². The molecular weight excluding hydrogens is 182 g/mol. The van der Waals surface area contributed by atoms with Crippen LogP contribution in [-0.2, 0) is 4.79 Å². The van der Waals surface area contributed by atoms with Crippen LogP contribution in [0.2, 0.25) is 0 Å². The maximum absolute atomic E-state index is 10.4. The molecule has 1 rings (SSSR count). The van der Waals surface area contributed by atoms with Crippen molar-refractivity contribution in [1.82, 2.24) is 4.98 Å². The minimum Gasteiger partial charge on any atom is -0.479 e. The highest BCUT2D eigenvalue weighted by molar-refractivity contribution is 5.72. The highest BCUT2D eigenvalue weighted by Crippen LogP contribution is 2.05. The van der Waals surface area contributed by atoms with Gasteiger partial charge in [0.25, 0.3) is 0 Å². The molecule has 14 heavy (non-hydrogen) atoms. The first-order valence-corrected chi connectivity index (χ1v) is 4.50. The van der Waals surface area contributed by atoms with Crippen LogP contribution in [0.15, 0.2) is 24.4 Å². The molecule has 0 aliphatic heterocycles. The van der Waals surface area contributed by atoms with Crippen LogP contribution in [0.3, 0.4) is 0 Å². The number of pyridine rings is 1. The summed E-state index contributed by atoms with van der Waals surface area (Å²) in [5.41, 5.74) is 0. The van der Waals surface area contributed by atoms with E-state index in [0.717, 1.165) is 0 Å². The van der Waals surface area contributed by atoms with Gasteiger partial charge in [-0.25, -0.2) is 9.78 Å². The highest BCUT2D eigenvalue weighted by Gasteiger charge is 2.11. The summed E-state index contributed by atoms with van der Waals surface area (Å²) in [4.78, 5) is 14.2. The molecule has 0 aromatic carbocycles. The van der Waals surface area contributed by atoms with E-state index in [-0.39, 0.29) is 0 Å². The van der Waals surface area contributed by atoms with Gasteiger partial charge in [0.15, 0.2) is 6.10 Å². The van der Waals surface area contributed by atoms with E-state index < -0.39 is 12.1 Å². The van der Waals surface area contributed by atoms with Gasteiger partial charge in [-0.15, -0.1) is 0 Å². The number of ether oxygens (including phenoxy) is 1. The summed E-state index contributed by atoms with van der Waals surface area (Å²) < 4.78 is 4.97. The van der Waals surface area contributed by atoms with Crippen molar-refractivity contribution in [1.29, 1.82) is 0 Å². The van der Waals surface area contributed by atoms with E-state index in [1.807, 2.05) is 13.8 Å². The van der Waals surface area contributed by atoms with Gasteiger partial charge in [0.1, 0.15) is 0 Å². The molecule has 0 spiro atoms. The predicted octanol–water partition coefficient (Wildman–Crippen LogP) is 1.96. The van der Waals surface area contributed by atoms with Crippen LogP contribution in [0.4, 0.5) is 0 Å². The first-order valence-electron chi connectivity index (χ1n) is 4.50. The maximum Gasteiger partial charge on any atom is 0.344 e. The van der Waals surface area contributed by atoms with E-state index in [0.29, 0.717) is 5.88 Å². The van der Waals surface area contributed by atoms with Gasteiger partial charge in [0.2, 0.25) is 5.88 Å². The van der Waals surface area contributed by atoms with Gasteiger partial charge in [0, 0.05) is 12.3 Å². The van der Waals surface area contributed by atoms with Crippen LogP contribution < -0.4 is 4.74 Å². The molecule has 1 unspecified atom stereocenters. The summed E-state index contributed by atoms with van der Waals surface area (Å²) in [5.74, 6) is -0.673. The molecule has 1 heterocycles. The normalized spacial score (nSPS) is 10.8. The molecule has 0 aliphatic carbocycles. The van der Waals surface area contributed by atoms with Gasteiger partial charge in [-0.3, -0.25) is 0 Å². The SMILES string of the molecule is CC.CC(Oc1ccccn1)C(=O)O. The Hall–Kier alpha value is -1.58. The second-order valence-electron chi connectivity index (χ2n) is 2.27. The average molecular weight is 197 g/mol. The van der Waals surface area contributed by atoms with E-state index in [4.69, 9.17) is 9.84 Å². The summed E-state index contributed by atoms with van der Waals surface area (Å²) in [7, 11) is 0. The summed E-state index contributed by atoms with van der Waals surface area (Å²) >= 11 is 0. The Bertz CT molecular complexity index is 261. The topological polar surface area (TPSA) is 59.4 Å². The smallest absolute Gasteiger partial charge is 0.344 e. The zero-order valence-corrected chi connectivity index (χ0v) is 8.60. The van der Waals surface area contributed by atoms with Crippen molar-refractivity contribution in [2.24, 2.45) is 0 Å². The van der Waals surface area contributed by atoms with E-state index in [9.17, 15) is 4.79 Å². The molecule has 4 heteroatoms. The zero-order chi connectivity index (χ0) is 11.0. The Morgan fingerprint density at radius 1 is 1.50 bits per heavy atom. The number of hydrogen-bond donors (Lipinski definition) is 1. The van der Waals surface area contributed by atoms with Crippen molar-refractivity contribution in [2.45, 2.75) is 26.9 Å².